The molecule has 0 spiro atoms. The van der Waals surface area contributed by atoms with E-state index in [0.29, 0.717) is 36.3 Å². The second-order valence-corrected chi connectivity index (χ2v) is 9.06. The minimum Gasteiger partial charge on any atom is -0.352 e. The number of hydrogen-bond acceptors (Lipinski definition) is 4. The van der Waals surface area contributed by atoms with E-state index < -0.39 is 18.0 Å². The normalized spacial score (nSPS) is 13.7. The van der Waals surface area contributed by atoms with Crippen LogP contribution in [0.3, 0.4) is 0 Å². The maximum Gasteiger partial charge on any atom is 0.312 e. The van der Waals surface area contributed by atoms with E-state index in [0.717, 1.165) is 12.0 Å². The average molecular weight is 463 g/mol. The van der Waals surface area contributed by atoms with Crippen molar-refractivity contribution < 1.29 is 14.4 Å². The van der Waals surface area contributed by atoms with Gasteiger partial charge >= 0.3 is 6.03 Å². The number of benzene rings is 2. The molecule has 8 heteroatoms. The zero-order chi connectivity index (χ0) is 23.4. The molecule has 0 saturated heterocycles. The van der Waals surface area contributed by atoms with E-state index in [4.69, 9.17) is 5.73 Å². The summed E-state index contributed by atoms with van der Waals surface area (Å²) in [6, 6.07) is 15.1. The maximum atomic E-state index is 13.3. The molecular weight excluding hydrogens is 436 g/mol. The summed E-state index contributed by atoms with van der Waals surface area (Å²) in [6.45, 7) is 3.08. The number of carbonyl (C=O) groups excluding carboxylic acids is 3. The quantitative estimate of drug-likeness (QED) is 0.522. The predicted octanol–water partition coefficient (Wildman–Crippen LogP) is 3.47. The van der Waals surface area contributed by atoms with Crippen LogP contribution in [0.5, 0.6) is 0 Å². The summed E-state index contributed by atoms with van der Waals surface area (Å²) in [5.41, 5.74) is 9.16. The number of fused-ring (bicyclic) bond motifs is 1. The van der Waals surface area contributed by atoms with Crippen molar-refractivity contribution in [1.29, 1.82) is 0 Å². The number of nitrogens with two attached hydrogens (primary N) is 1. The van der Waals surface area contributed by atoms with Crippen molar-refractivity contribution in [3.8, 4) is 0 Å². The van der Waals surface area contributed by atoms with Gasteiger partial charge in [-0.3, -0.25) is 9.59 Å². The Balaban J connectivity index is 1.51. The fourth-order valence-electron chi connectivity index (χ4n) is 4.05. The lowest BCUT2D eigenvalue weighted by Crippen LogP contribution is -2.47. The van der Waals surface area contributed by atoms with Gasteiger partial charge in [-0.15, -0.1) is 11.3 Å². The van der Waals surface area contributed by atoms with Crippen molar-refractivity contribution in [2.75, 3.05) is 11.9 Å². The highest BCUT2D eigenvalue weighted by Gasteiger charge is 2.25. The van der Waals surface area contributed by atoms with Crippen LogP contribution < -0.4 is 16.4 Å². The molecule has 3 aromatic rings. The van der Waals surface area contributed by atoms with Crippen LogP contribution in [0.4, 0.5) is 10.5 Å². The van der Waals surface area contributed by atoms with Crippen molar-refractivity contribution in [2.24, 2.45) is 5.73 Å². The molecule has 1 unspecified atom stereocenters. The molecule has 7 nitrogen and oxygen atoms in total. The van der Waals surface area contributed by atoms with E-state index in [1.165, 1.54) is 10.4 Å². The number of carbonyl (C=O) groups is 3. The number of nitrogens with zero attached hydrogens (tertiary/aromatic N) is 1. The van der Waals surface area contributed by atoms with Gasteiger partial charge in [0.2, 0.25) is 5.91 Å². The Bertz CT molecular complexity index is 1180. The number of anilines is 1. The highest BCUT2D eigenvalue weighted by molar-refractivity contribution is 7.10. The minimum atomic E-state index is -0.845. The van der Waals surface area contributed by atoms with Crippen molar-refractivity contribution >= 4 is 34.9 Å². The van der Waals surface area contributed by atoms with Crippen molar-refractivity contribution in [3.05, 3.63) is 87.1 Å². The first kappa shape index (κ1) is 22.5. The third-order valence-corrected chi connectivity index (χ3v) is 6.86. The molecule has 0 saturated carbocycles. The largest absolute Gasteiger partial charge is 0.352 e. The Kier molecular flexibility index (Phi) is 6.74. The molecule has 1 atom stereocenters. The molecule has 4 rings (SSSR count). The van der Waals surface area contributed by atoms with E-state index in [1.54, 1.807) is 29.5 Å². The summed E-state index contributed by atoms with van der Waals surface area (Å²) >= 11 is 1.73. The van der Waals surface area contributed by atoms with Crippen molar-refractivity contribution in [3.63, 3.8) is 0 Å². The van der Waals surface area contributed by atoms with Crippen LogP contribution in [0.1, 0.15) is 31.9 Å². The van der Waals surface area contributed by atoms with Gasteiger partial charge in [-0.25, -0.2) is 4.79 Å². The lowest BCUT2D eigenvalue weighted by molar-refractivity contribution is -0.117. The number of thiophene rings is 1. The van der Waals surface area contributed by atoms with Crippen molar-refractivity contribution in [2.45, 2.75) is 32.4 Å². The highest BCUT2D eigenvalue weighted by atomic mass is 32.1. The van der Waals surface area contributed by atoms with Crippen molar-refractivity contribution in [1.82, 2.24) is 10.2 Å². The van der Waals surface area contributed by atoms with Crippen LogP contribution in [-0.2, 0) is 24.2 Å². The zero-order valence-electron chi connectivity index (χ0n) is 18.3. The molecule has 0 bridgehead atoms. The number of hydrogen-bond donors (Lipinski definition) is 3. The van der Waals surface area contributed by atoms with Gasteiger partial charge < -0.3 is 21.3 Å². The molecule has 1 aliphatic heterocycles. The van der Waals surface area contributed by atoms with E-state index in [1.807, 2.05) is 42.2 Å². The standard InChI is InChI=1S/C25H26N4O3S/c1-16-19(24(31)29-12-10-22-18(15-29)11-13-33-22)8-5-9-20(16)27-23(30)21(28-25(26)32)14-17-6-3-2-4-7-17/h2-9,11,13,21H,10,12,14-15H2,1H3,(H,27,30)(H3,26,28,32). The average Bonchev–Trinajstić information content (AvgIpc) is 3.28. The topological polar surface area (TPSA) is 105 Å². The van der Waals surface area contributed by atoms with E-state index in [2.05, 4.69) is 22.1 Å². The minimum absolute atomic E-state index is 0.0588. The van der Waals surface area contributed by atoms with Crippen LogP contribution in [0.25, 0.3) is 0 Å². The van der Waals surface area contributed by atoms with Gasteiger partial charge in [-0.2, -0.15) is 0 Å². The van der Waals surface area contributed by atoms with Gasteiger partial charge in [-0.05, 0) is 53.6 Å². The Morgan fingerprint density at radius 2 is 1.88 bits per heavy atom. The number of primary amides is 1. The molecule has 4 N–H and O–H groups in total. The molecule has 2 aromatic carbocycles. The zero-order valence-corrected chi connectivity index (χ0v) is 19.2. The molecular formula is C25H26N4O3S. The second-order valence-electron chi connectivity index (χ2n) is 8.06. The molecule has 170 valence electrons. The second kappa shape index (κ2) is 9.87. The summed E-state index contributed by atoms with van der Waals surface area (Å²) in [7, 11) is 0. The predicted molar refractivity (Wildman–Crippen MR) is 129 cm³/mol. The lowest BCUT2D eigenvalue weighted by Gasteiger charge is -2.28. The number of rotatable bonds is 6. The van der Waals surface area contributed by atoms with Crippen LogP contribution in [-0.4, -0.2) is 35.3 Å². The molecule has 2 heterocycles. The first-order chi connectivity index (χ1) is 15.9. The highest BCUT2D eigenvalue weighted by Crippen LogP contribution is 2.27. The van der Waals surface area contributed by atoms with Crippen LogP contribution in [0.15, 0.2) is 60.0 Å². The van der Waals surface area contributed by atoms with Gasteiger partial charge in [0.25, 0.3) is 5.91 Å². The smallest absolute Gasteiger partial charge is 0.312 e. The van der Waals surface area contributed by atoms with Crippen LogP contribution >= 0.6 is 11.3 Å². The Hall–Kier alpha value is -3.65. The molecule has 0 radical (unpaired) electrons. The van der Waals surface area contributed by atoms with Gasteiger partial charge in [0.05, 0.1) is 0 Å². The Morgan fingerprint density at radius 1 is 1.09 bits per heavy atom. The summed E-state index contributed by atoms with van der Waals surface area (Å²) in [5, 5.41) is 7.45. The number of amides is 4. The third-order valence-electron chi connectivity index (χ3n) is 5.83. The first-order valence-corrected chi connectivity index (χ1v) is 11.6. The van der Waals surface area contributed by atoms with Gasteiger partial charge in [0.15, 0.2) is 0 Å². The molecule has 0 fully saturated rings. The molecule has 4 amide bonds. The summed E-state index contributed by atoms with van der Waals surface area (Å²) < 4.78 is 0. The van der Waals surface area contributed by atoms with Crippen LogP contribution in [0, 0.1) is 6.92 Å². The molecule has 0 aliphatic carbocycles. The van der Waals surface area contributed by atoms with E-state index in [-0.39, 0.29) is 5.91 Å². The SMILES string of the molecule is Cc1c(NC(=O)C(Cc2ccccc2)NC(N)=O)cccc1C(=O)N1CCc2sccc2C1. The fraction of sp³-hybridized carbons (Fsp3) is 0.240. The monoisotopic (exact) mass is 462 g/mol. The first-order valence-electron chi connectivity index (χ1n) is 10.8. The Morgan fingerprint density at radius 3 is 2.64 bits per heavy atom. The molecule has 1 aromatic heterocycles. The van der Waals surface area contributed by atoms with Gasteiger partial charge in [0.1, 0.15) is 6.04 Å². The Labute approximate surface area is 196 Å². The lowest BCUT2D eigenvalue weighted by atomic mass is 10.0. The third kappa shape index (κ3) is 5.23. The summed E-state index contributed by atoms with van der Waals surface area (Å²) in [5.74, 6) is -0.456. The molecule has 33 heavy (non-hydrogen) atoms. The fourth-order valence-corrected chi connectivity index (χ4v) is 4.94. The number of nitrogens with one attached hydrogen (secondary N) is 2. The maximum absolute atomic E-state index is 13.3. The van der Waals surface area contributed by atoms with E-state index in [9.17, 15) is 14.4 Å². The molecule has 1 aliphatic rings. The van der Waals surface area contributed by atoms with Gasteiger partial charge in [-0.1, -0.05) is 36.4 Å². The number of urea groups is 1. The van der Waals surface area contributed by atoms with Gasteiger partial charge in [0, 0.05) is 35.6 Å². The summed E-state index contributed by atoms with van der Waals surface area (Å²) in [6.07, 6.45) is 1.15. The summed E-state index contributed by atoms with van der Waals surface area (Å²) in [4.78, 5) is 40.9. The van der Waals surface area contributed by atoms with Crippen LogP contribution in [0.2, 0.25) is 0 Å². The van der Waals surface area contributed by atoms with E-state index >= 15 is 0 Å².